The molecule has 2 aromatic carbocycles. The van der Waals surface area contributed by atoms with E-state index in [9.17, 15) is 0 Å². The molecular formula is C26H26N6OS. The third kappa shape index (κ3) is 5.18. The summed E-state index contributed by atoms with van der Waals surface area (Å²) in [6.45, 7) is 2.65. The molecule has 8 heteroatoms. The highest BCUT2D eigenvalue weighted by atomic mass is 32.1. The van der Waals surface area contributed by atoms with Crippen molar-refractivity contribution in [2.24, 2.45) is 0 Å². The summed E-state index contributed by atoms with van der Waals surface area (Å²) in [5.74, 6) is 3.36. The smallest absolute Gasteiger partial charge is 0.189 e. The molecule has 0 atom stereocenters. The van der Waals surface area contributed by atoms with Crippen LogP contribution in [0.1, 0.15) is 24.0 Å². The van der Waals surface area contributed by atoms with Gasteiger partial charge in [0, 0.05) is 42.7 Å². The van der Waals surface area contributed by atoms with Crippen LogP contribution in [-0.2, 0) is 11.3 Å². The SMILES string of the molecule is C#Cc1cccc(Nc2ncnc3nc(Nc4ccc(CN(C)C5CCOCC5)cc4)sc23)c1. The van der Waals surface area contributed by atoms with Gasteiger partial charge in [0.15, 0.2) is 16.6 Å². The molecule has 0 amide bonds. The van der Waals surface area contributed by atoms with E-state index in [2.05, 4.69) is 67.7 Å². The second-order valence-electron chi connectivity index (χ2n) is 8.32. The zero-order valence-corrected chi connectivity index (χ0v) is 19.8. The number of nitrogens with one attached hydrogen (secondary N) is 2. The number of benzene rings is 2. The van der Waals surface area contributed by atoms with Crippen LogP contribution >= 0.6 is 11.3 Å². The lowest BCUT2D eigenvalue weighted by Gasteiger charge is -2.31. The van der Waals surface area contributed by atoms with Crippen molar-refractivity contribution in [1.82, 2.24) is 19.9 Å². The van der Waals surface area contributed by atoms with E-state index >= 15 is 0 Å². The summed E-state index contributed by atoms with van der Waals surface area (Å²) in [6.07, 6.45) is 9.24. The maximum atomic E-state index is 5.52. The predicted octanol–water partition coefficient (Wildman–Crippen LogP) is 5.17. The first-order valence-corrected chi connectivity index (χ1v) is 12.1. The minimum absolute atomic E-state index is 0.590. The van der Waals surface area contributed by atoms with Crippen LogP contribution in [-0.4, -0.2) is 46.2 Å². The lowest BCUT2D eigenvalue weighted by atomic mass is 10.1. The summed E-state index contributed by atoms with van der Waals surface area (Å²) >= 11 is 1.51. The molecule has 1 fully saturated rings. The van der Waals surface area contributed by atoms with Crippen molar-refractivity contribution in [1.29, 1.82) is 0 Å². The van der Waals surface area contributed by atoms with Crippen LogP contribution < -0.4 is 10.6 Å². The number of anilines is 4. The maximum absolute atomic E-state index is 5.52. The topological polar surface area (TPSA) is 75.2 Å². The average Bonchev–Trinajstić information content (AvgIpc) is 3.29. The molecule has 0 bridgehead atoms. The fraction of sp³-hybridized carbons (Fsp3) is 0.269. The van der Waals surface area contributed by atoms with Crippen LogP contribution in [0.3, 0.4) is 0 Å². The first kappa shape index (κ1) is 22.3. The number of thiazole rings is 1. The van der Waals surface area contributed by atoms with Gasteiger partial charge in [0.1, 0.15) is 11.0 Å². The Hall–Kier alpha value is -3.51. The molecule has 2 aromatic heterocycles. The molecule has 1 aliphatic rings. The van der Waals surface area contributed by atoms with Crippen LogP contribution in [0.25, 0.3) is 10.3 Å². The van der Waals surface area contributed by atoms with Gasteiger partial charge in [0.25, 0.3) is 0 Å². The number of terminal acetylenes is 1. The predicted molar refractivity (Wildman–Crippen MR) is 138 cm³/mol. The molecule has 1 saturated heterocycles. The molecular weight excluding hydrogens is 444 g/mol. The minimum Gasteiger partial charge on any atom is -0.381 e. The molecule has 0 saturated carbocycles. The summed E-state index contributed by atoms with van der Waals surface area (Å²) in [7, 11) is 2.19. The van der Waals surface area contributed by atoms with Crippen molar-refractivity contribution >= 4 is 44.0 Å². The monoisotopic (exact) mass is 470 g/mol. The number of ether oxygens (including phenoxy) is 1. The number of fused-ring (bicyclic) bond motifs is 1. The third-order valence-corrected chi connectivity index (χ3v) is 6.90. The molecule has 3 heterocycles. The number of hydrogen-bond donors (Lipinski definition) is 2. The third-order valence-electron chi connectivity index (χ3n) is 5.93. The molecule has 0 radical (unpaired) electrons. The minimum atomic E-state index is 0.590. The molecule has 4 aromatic rings. The van der Waals surface area contributed by atoms with E-state index in [0.717, 1.165) is 59.4 Å². The molecule has 0 aliphatic carbocycles. The second kappa shape index (κ2) is 10.2. The molecule has 7 nitrogen and oxygen atoms in total. The highest BCUT2D eigenvalue weighted by Crippen LogP contribution is 2.32. The van der Waals surface area contributed by atoms with Crippen LogP contribution in [0.5, 0.6) is 0 Å². The van der Waals surface area contributed by atoms with Crippen LogP contribution in [0.15, 0.2) is 54.9 Å². The van der Waals surface area contributed by atoms with Gasteiger partial charge in [-0.05, 0) is 55.8 Å². The number of aromatic nitrogens is 3. The van der Waals surface area contributed by atoms with Crippen molar-refractivity contribution in [3.8, 4) is 12.3 Å². The van der Waals surface area contributed by atoms with Gasteiger partial charge in [-0.2, -0.15) is 4.98 Å². The number of rotatable bonds is 7. The first-order chi connectivity index (χ1) is 16.7. The van der Waals surface area contributed by atoms with E-state index in [-0.39, 0.29) is 0 Å². The largest absolute Gasteiger partial charge is 0.381 e. The first-order valence-electron chi connectivity index (χ1n) is 11.3. The summed E-state index contributed by atoms with van der Waals surface area (Å²) in [5, 5.41) is 7.50. The Morgan fingerprint density at radius 1 is 1.09 bits per heavy atom. The summed E-state index contributed by atoms with van der Waals surface area (Å²) < 4.78 is 6.36. The van der Waals surface area contributed by atoms with Crippen LogP contribution in [0.2, 0.25) is 0 Å². The fourth-order valence-corrected chi connectivity index (χ4v) is 4.96. The normalized spacial score (nSPS) is 14.3. The number of hydrogen-bond acceptors (Lipinski definition) is 8. The zero-order chi connectivity index (χ0) is 23.3. The van der Waals surface area contributed by atoms with E-state index in [1.165, 1.54) is 23.2 Å². The lowest BCUT2D eigenvalue weighted by molar-refractivity contribution is 0.0407. The van der Waals surface area contributed by atoms with Crippen molar-refractivity contribution in [3.63, 3.8) is 0 Å². The molecule has 0 unspecified atom stereocenters. The van der Waals surface area contributed by atoms with Gasteiger partial charge in [0.05, 0.1) is 0 Å². The van der Waals surface area contributed by atoms with Crippen molar-refractivity contribution in [3.05, 3.63) is 66.0 Å². The molecule has 1 aliphatic heterocycles. The highest BCUT2D eigenvalue weighted by molar-refractivity contribution is 7.22. The van der Waals surface area contributed by atoms with Gasteiger partial charge in [-0.25, -0.2) is 9.97 Å². The summed E-state index contributed by atoms with van der Waals surface area (Å²) in [4.78, 5) is 15.8. The van der Waals surface area contributed by atoms with Gasteiger partial charge in [-0.15, -0.1) is 6.42 Å². The van der Waals surface area contributed by atoms with Crippen molar-refractivity contribution in [2.75, 3.05) is 30.9 Å². The van der Waals surface area contributed by atoms with Crippen molar-refractivity contribution in [2.45, 2.75) is 25.4 Å². The quantitative estimate of drug-likeness (QED) is 0.361. The Kier molecular flexibility index (Phi) is 6.67. The molecule has 0 spiro atoms. The highest BCUT2D eigenvalue weighted by Gasteiger charge is 2.18. The van der Waals surface area contributed by atoms with E-state index in [1.807, 2.05) is 24.3 Å². The van der Waals surface area contributed by atoms with Crippen molar-refractivity contribution < 1.29 is 4.74 Å². The van der Waals surface area contributed by atoms with E-state index in [4.69, 9.17) is 11.2 Å². The summed E-state index contributed by atoms with van der Waals surface area (Å²) in [5.41, 5.74) is 4.60. The van der Waals surface area contributed by atoms with Crippen LogP contribution in [0, 0.1) is 12.3 Å². The van der Waals surface area contributed by atoms with E-state index in [0.29, 0.717) is 17.5 Å². The standard InChI is InChI=1S/C26H26N6OS/c1-3-18-5-4-6-21(15-18)29-24-23-25(28-17-27-24)31-26(34-23)30-20-9-7-19(8-10-20)16-32(2)22-11-13-33-14-12-22/h1,4-10,15,17,22H,11-14,16H2,2H3,(H2,27,28,29,30,31). The molecule has 5 rings (SSSR count). The van der Waals surface area contributed by atoms with Crippen LogP contribution in [0.4, 0.5) is 22.3 Å². The number of nitrogens with zero attached hydrogens (tertiary/aromatic N) is 4. The van der Waals surface area contributed by atoms with Gasteiger partial charge in [0.2, 0.25) is 0 Å². The summed E-state index contributed by atoms with van der Waals surface area (Å²) in [6, 6.07) is 16.8. The van der Waals surface area contributed by atoms with E-state index < -0.39 is 0 Å². The Labute approximate surface area is 203 Å². The van der Waals surface area contributed by atoms with Gasteiger partial charge < -0.3 is 15.4 Å². The van der Waals surface area contributed by atoms with Gasteiger partial charge in [-0.1, -0.05) is 35.5 Å². The van der Waals surface area contributed by atoms with Gasteiger partial charge >= 0.3 is 0 Å². The molecule has 2 N–H and O–H groups in total. The average molecular weight is 471 g/mol. The second-order valence-corrected chi connectivity index (χ2v) is 9.32. The lowest BCUT2D eigenvalue weighted by Crippen LogP contribution is -2.36. The zero-order valence-electron chi connectivity index (χ0n) is 19.0. The Morgan fingerprint density at radius 3 is 2.71 bits per heavy atom. The van der Waals surface area contributed by atoms with E-state index in [1.54, 1.807) is 0 Å². The Morgan fingerprint density at radius 2 is 1.91 bits per heavy atom. The van der Waals surface area contributed by atoms with Gasteiger partial charge in [-0.3, -0.25) is 4.90 Å². The maximum Gasteiger partial charge on any atom is 0.189 e. The Balaban J connectivity index is 1.27. The fourth-order valence-electron chi connectivity index (χ4n) is 4.08. The Bertz CT molecular complexity index is 1310. The molecule has 34 heavy (non-hydrogen) atoms. The molecule has 172 valence electrons.